The highest BCUT2D eigenvalue weighted by Gasteiger charge is 2.38. The van der Waals surface area contributed by atoms with Crippen LogP contribution < -0.4 is 4.72 Å². The Kier molecular flexibility index (Phi) is 4.80. The highest BCUT2D eigenvalue weighted by molar-refractivity contribution is 7.87. The molecule has 112 valence electrons. The zero-order chi connectivity index (χ0) is 14.6. The zero-order valence-corrected chi connectivity index (χ0v) is 12.6. The normalized spacial score (nSPS) is 18.6. The summed E-state index contributed by atoms with van der Waals surface area (Å²) in [5, 5.41) is 9.51. The molecule has 0 unspecified atom stereocenters. The van der Waals surface area contributed by atoms with Crippen molar-refractivity contribution in [1.82, 2.24) is 9.03 Å². The van der Waals surface area contributed by atoms with E-state index in [4.69, 9.17) is 0 Å². The fraction of sp³-hybridized carbons (Fsp3) is 0.571. The molecule has 1 fully saturated rings. The summed E-state index contributed by atoms with van der Waals surface area (Å²) in [4.78, 5) is 0. The second-order valence-corrected chi connectivity index (χ2v) is 7.27. The summed E-state index contributed by atoms with van der Waals surface area (Å²) in [6.45, 7) is 0.170. The molecule has 1 aromatic carbocycles. The van der Waals surface area contributed by atoms with Crippen molar-refractivity contribution < 1.29 is 13.5 Å². The summed E-state index contributed by atoms with van der Waals surface area (Å²) in [6, 6.07) is 9.45. The number of hydrogen-bond donors (Lipinski definition) is 2. The smallest absolute Gasteiger partial charge is 0.280 e. The van der Waals surface area contributed by atoms with E-state index in [2.05, 4.69) is 4.72 Å². The average molecular weight is 298 g/mol. The lowest BCUT2D eigenvalue weighted by Gasteiger charge is -2.30. The van der Waals surface area contributed by atoms with E-state index in [1.807, 2.05) is 30.3 Å². The highest BCUT2D eigenvalue weighted by atomic mass is 32.2. The monoisotopic (exact) mass is 298 g/mol. The van der Waals surface area contributed by atoms with E-state index in [-0.39, 0.29) is 6.61 Å². The molecule has 0 bridgehead atoms. The summed E-state index contributed by atoms with van der Waals surface area (Å²) in [5.41, 5.74) is 0.258. The van der Waals surface area contributed by atoms with Crippen molar-refractivity contribution in [2.24, 2.45) is 0 Å². The van der Waals surface area contributed by atoms with E-state index in [1.54, 1.807) is 7.05 Å². The Morgan fingerprint density at radius 2 is 1.85 bits per heavy atom. The number of aliphatic hydroxyl groups excluding tert-OH is 1. The third-order valence-electron chi connectivity index (χ3n) is 3.87. The quantitative estimate of drug-likeness (QED) is 0.830. The van der Waals surface area contributed by atoms with Crippen molar-refractivity contribution in [1.29, 1.82) is 0 Å². The van der Waals surface area contributed by atoms with Gasteiger partial charge in [-0.1, -0.05) is 43.2 Å². The van der Waals surface area contributed by atoms with Crippen LogP contribution in [-0.4, -0.2) is 37.0 Å². The van der Waals surface area contributed by atoms with Crippen LogP contribution in [0.3, 0.4) is 0 Å². The Hall–Kier alpha value is -0.950. The van der Waals surface area contributed by atoms with Gasteiger partial charge in [0.2, 0.25) is 0 Å². The number of rotatable bonds is 6. The largest absolute Gasteiger partial charge is 0.394 e. The summed E-state index contributed by atoms with van der Waals surface area (Å²) < 4.78 is 28.7. The Morgan fingerprint density at radius 1 is 1.25 bits per heavy atom. The molecule has 1 aromatic rings. The van der Waals surface area contributed by atoms with Crippen molar-refractivity contribution >= 4 is 10.2 Å². The molecule has 0 spiro atoms. The molecule has 0 saturated heterocycles. The molecule has 0 heterocycles. The molecule has 0 aliphatic heterocycles. The first-order valence-corrected chi connectivity index (χ1v) is 8.31. The minimum absolute atomic E-state index is 0.147. The molecule has 1 aliphatic carbocycles. The fourth-order valence-corrected chi connectivity index (χ4v) is 3.91. The maximum absolute atomic E-state index is 12.4. The molecule has 6 heteroatoms. The Bertz CT molecular complexity index is 525. The van der Waals surface area contributed by atoms with Gasteiger partial charge in [-0.25, -0.2) is 0 Å². The predicted octanol–water partition coefficient (Wildman–Crippen LogP) is 1.26. The van der Waals surface area contributed by atoms with Crippen molar-refractivity contribution in [3.63, 3.8) is 0 Å². The second-order valence-electron chi connectivity index (χ2n) is 5.49. The number of benzene rings is 1. The van der Waals surface area contributed by atoms with Crippen LogP contribution in [0.25, 0.3) is 0 Å². The standard InChI is InChI=1S/C14H22N2O3S/c1-16(11-13-7-3-2-4-8-13)20(18,19)15-14(12-17)9-5-6-10-14/h2-4,7-8,15,17H,5-6,9-12H2,1H3. The van der Waals surface area contributed by atoms with Gasteiger partial charge in [-0.3, -0.25) is 0 Å². The van der Waals surface area contributed by atoms with E-state index in [0.29, 0.717) is 19.4 Å². The Morgan fingerprint density at radius 3 is 2.40 bits per heavy atom. The first kappa shape index (κ1) is 15.4. The third kappa shape index (κ3) is 3.58. The van der Waals surface area contributed by atoms with Crippen LogP contribution in [-0.2, 0) is 16.8 Å². The van der Waals surface area contributed by atoms with Crippen LogP contribution >= 0.6 is 0 Å². The minimum Gasteiger partial charge on any atom is -0.394 e. The van der Waals surface area contributed by atoms with E-state index < -0.39 is 15.7 Å². The van der Waals surface area contributed by atoms with Crippen molar-refractivity contribution in [3.05, 3.63) is 35.9 Å². The van der Waals surface area contributed by atoms with Gasteiger partial charge in [0.25, 0.3) is 10.2 Å². The average Bonchev–Trinajstić information content (AvgIpc) is 2.88. The summed E-state index contributed by atoms with van der Waals surface area (Å²) in [7, 11) is -2.04. The molecule has 2 N–H and O–H groups in total. The van der Waals surface area contributed by atoms with Crippen LogP contribution in [0.15, 0.2) is 30.3 Å². The number of hydrogen-bond acceptors (Lipinski definition) is 3. The molecule has 0 amide bonds. The van der Waals surface area contributed by atoms with E-state index in [1.165, 1.54) is 4.31 Å². The number of nitrogens with one attached hydrogen (secondary N) is 1. The third-order valence-corrected chi connectivity index (χ3v) is 5.51. The molecule has 0 aromatic heterocycles. The van der Waals surface area contributed by atoms with Gasteiger partial charge in [-0.2, -0.15) is 17.4 Å². The predicted molar refractivity (Wildman–Crippen MR) is 78.2 cm³/mol. The maximum atomic E-state index is 12.4. The zero-order valence-electron chi connectivity index (χ0n) is 11.7. The summed E-state index contributed by atoms with van der Waals surface area (Å²) in [5.74, 6) is 0. The molecule has 20 heavy (non-hydrogen) atoms. The second kappa shape index (κ2) is 6.22. The Labute approximate surface area is 120 Å². The van der Waals surface area contributed by atoms with Gasteiger partial charge in [0.05, 0.1) is 12.1 Å². The minimum atomic E-state index is -3.59. The van der Waals surface area contributed by atoms with Gasteiger partial charge >= 0.3 is 0 Å². The van der Waals surface area contributed by atoms with Crippen molar-refractivity contribution in [3.8, 4) is 0 Å². The van der Waals surface area contributed by atoms with Crippen LogP contribution in [0.1, 0.15) is 31.2 Å². The van der Waals surface area contributed by atoms with Crippen LogP contribution in [0, 0.1) is 0 Å². The van der Waals surface area contributed by atoms with Crippen LogP contribution in [0.4, 0.5) is 0 Å². The number of aliphatic hydroxyl groups is 1. The lowest BCUT2D eigenvalue weighted by Crippen LogP contribution is -2.53. The van der Waals surface area contributed by atoms with Gasteiger partial charge < -0.3 is 5.11 Å². The van der Waals surface area contributed by atoms with Gasteiger partial charge in [-0.15, -0.1) is 0 Å². The lowest BCUT2D eigenvalue weighted by molar-refractivity contribution is 0.183. The first-order valence-electron chi connectivity index (χ1n) is 6.87. The number of nitrogens with zero attached hydrogens (tertiary/aromatic N) is 1. The molecular formula is C14H22N2O3S. The molecular weight excluding hydrogens is 276 g/mol. The summed E-state index contributed by atoms with van der Waals surface area (Å²) in [6.07, 6.45) is 3.29. The van der Waals surface area contributed by atoms with Crippen molar-refractivity contribution in [2.45, 2.75) is 37.8 Å². The maximum Gasteiger partial charge on any atom is 0.280 e. The van der Waals surface area contributed by atoms with E-state index >= 15 is 0 Å². The van der Waals surface area contributed by atoms with Gasteiger partial charge in [0.15, 0.2) is 0 Å². The highest BCUT2D eigenvalue weighted by Crippen LogP contribution is 2.30. The SMILES string of the molecule is CN(Cc1ccccc1)S(=O)(=O)NC1(CO)CCCC1. The topological polar surface area (TPSA) is 69.6 Å². The molecule has 2 rings (SSSR count). The van der Waals surface area contributed by atoms with Gasteiger partial charge in [0, 0.05) is 13.6 Å². The van der Waals surface area contributed by atoms with Crippen LogP contribution in [0.2, 0.25) is 0 Å². The van der Waals surface area contributed by atoms with Crippen LogP contribution in [0.5, 0.6) is 0 Å². The van der Waals surface area contributed by atoms with Gasteiger partial charge in [0.1, 0.15) is 0 Å². The molecule has 5 nitrogen and oxygen atoms in total. The molecule has 0 atom stereocenters. The Balaban J connectivity index is 2.06. The van der Waals surface area contributed by atoms with Crippen molar-refractivity contribution in [2.75, 3.05) is 13.7 Å². The molecule has 0 radical (unpaired) electrons. The lowest BCUT2D eigenvalue weighted by atomic mass is 10.0. The van der Waals surface area contributed by atoms with E-state index in [0.717, 1.165) is 18.4 Å². The first-order chi connectivity index (χ1) is 9.47. The van der Waals surface area contributed by atoms with Gasteiger partial charge in [-0.05, 0) is 18.4 Å². The summed E-state index contributed by atoms with van der Waals surface area (Å²) >= 11 is 0. The van der Waals surface area contributed by atoms with E-state index in [9.17, 15) is 13.5 Å². The fourth-order valence-electron chi connectivity index (χ4n) is 2.62. The molecule has 1 saturated carbocycles. The molecule has 1 aliphatic rings.